The number of hydrogen-bond acceptors (Lipinski definition) is 3. The summed E-state index contributed by atoms with van der Waals surface area (Å²) in [5.41, 5.74) is 0.106. The fourth-order valence-electron chi connectivity index (χ4n) is 1.82. The maximum absolute atomic E-state index is 12.8. The van der Waals surface area contributed by atoms with E-state index in [1.807, 2.05) is 0 Å². The zero-order valence-electron chi connectivity index (χ0n) is 11.1. The lowest BCUT2D eigenvalue weighted by atomic mass is 10.1. The van der Waals surface area contributed by atoms with Crippen LogP contribution >= 0.6 is 0 Å². The summed E-state index contributed by atoms with van der Waals surface area (Å²) in [7, 11) is -3.92. The highest BCUT2D eigenvalue weighted by Crippen LogP contribution is 2.20. The van der Waals surface area contributed by atoms with Gasteiger partial charge in [-0.1, -0.05) is 0 Å². The lowest BCUT2D eigenvalue weighted by Gasteiger charge is -2.12. The van der Waals surface area contributed by atoms with Crippen LogP contribution in [0.1, 0.15) is 17.3 Å². The SMILES string of the molecule is CC(C(=O)c1ccc(F)cc1)S(=O)(=O)c1ccc(F)cc1. The van der Waals surface area contributed by atoms with Crippen molar-refractivity contribution in [3.8, 4) is 0 Å². The van der Waals surface area contributed by atoms with Crippen LogP contribution < -0.4 is 0 Å². The largest absolute Gasteiger partial charge is 0.293 e. The third kappa shape index (κ3) is 3.16. The Kier molecular flexibility index (Phi) is 4.18. The van der Waals surface area contributed by atoms with E-state index < -0.39 is 32.5 Å². The first-order valence-corrected chi connectivity index (χ1v) is 7.66. The first-order valence-electron chi connectivity index (χ1n) is 6.11. The molecule has 0 aromatic heterocycles. The molecule has 6 heteroatoms. The summed E-state index contributed by atoms with van der Waals surface area (Å²) in [6.45, 7) is 1.25. The van der Waals surface area contributed by atoms with Gasteiger partial charge in [0.05, 0.1) is 4.90 Å². The molecular formula is C15H12F2O3S. The quantitative estimate of drug-likeness (QED) is 0.644. The minimum absolute atomic E-state index is 0.106. The van der Waals surface area contributed by atoms with Crippen LogP contribution in [0.3, 0.4) is 0 Å². The van der Waals surface area contributed by atoms with Crippen LogP contribution in [0.5, 0.6) is 0 Å². The van der Waals surface area contributed by atoms with Crippen LogP contribution in [-0.4, -0.2) is 19.5 Å². The van der Waals surface area contributed by atoms with Gasteiger partial charge in [0.2, 0.25) is 0 Å². The van der Waals surface area contributed by atoms with Gasteiger partial charge in [0.25, 0.3) is 0 Å². The lowest BCUT2D eigenvalue weighted by Crippen LogP contribution is -2.27. The molecule has 0 saturated carbocycles. The Morgan fingerprint density at radius 3 is 1.81 bits per heavy atom. The molecule has 2 rings (SSSR count). The Bertz CT molecular complexity index is 751. The van der Waals surface area contributed by atoms with Gasteiger partial charge in [-0.2, -0.15) is 0 Å². The van der Waals surface area contributed by atoms with Crippen LogP contribution in [0.15, 0.2) is 53.4 Å². The molecule has 0 aliphatic rings. The van der Waals surface area contributed by atoms with E-state index in [1.54, 1.807) is 0 Å². The molecule has 0 fully saturated rings. The third-order valence-electron chi connectivity index (χ3n) is 3.11. The molecule has 0 aliphatic carbocycles. The van der Waals surface area contributed by atoms with Gasteiger partial charge in [-0.05, 0) is 55.5 Å². The summed E-state index contributed by atoms with van der Waals surface area (Å²) < 4.78 is 50.3. The van der Waals surface area contributed by atoms with Crippen molar-refractivity contribution < 1.29 is 22.0 Å². The van der Waals surface area contributed by atoms with Crippen molar-refractivity contribution in [1.82, 2.24) is 0 Å². The zero-order chi connectivity index (χ0) is 15.6. The minimum atomic E-state index is -3.92. The Morgan fingerprint density at radius 1 is 0.905 bits per heavy atom. The molecule has 0 amide bonds. The predicted molar refractivity (Wildman–Crippen MR) is 73.8 cm³/mol. The summed E-state index contributed by atoms with van der Waals surface area (Å²) in [6, 6.07) is 8.89. The van der Waals surface area contributed by atoms with Gasteiger partial charge in [-0.25, -0.2) is 17.2 Å². The monoisotopic (exact) mass is 310 g/mol. The van der Waals surface area contributed by atoms with Crippen molar-refractivity contribution in [3.63, 3.8) is 0 Å². The molecule has 3 nitrogen and oxygen atoms in total. The second kappa shape index (κ2) is 5.73. The number of Topliss-reactive ketones (excluding diaryl/α,β-unsaturated/α-hetero) is 1. The molecule has 1 atom stereocenters. The van der Waals surface area contributed by atoms with Crippen molar-refractivity contribution in [2.45, 2.75) is 17.1 Å². The van der Waals surface area contributed by atoms with E-state index in [0.29, 0.717) is 0 Å². The van der Waals surface area contributed by atoms with E-state index >= 15 is 0 Å². The average Bonchev–Trinajstić information content (AvgIpc) is 2.47. The Balaban J connectivity index is 2.33. The van der Waals surface area contributed by atoms with Crippen molar-refractivity contribution in [2.24, 2.45) is 0 Å². The fraction of sp³-hybridized carbons (Fsp3) is 0.133. The summed E-state index contributed by atoms with van der Waals surface area (Å²) in [5.74, 6) is -1.72. The first kappa shape index (κ1) is 15.3. The van der Waals surface area contributed by atoms with Crippen LogP contribution in [0, 0.1) is 11.6 Å². The highest BCUT2D eigenvalue weighted by atomic mass is 32.2. The van der Waals surface area contributed by atoms with Crippen LogP contribution in [0.2, 0.25) is 0 Å². The molecule has 0 radical (unpaired) electrons. The zero-order valence-corrected chi connectivity index (χ0v) is 11.9. The van der Waals surface area contributed by atoms with E-state index in [-0.39, 0.29) is 10.5 Å². The summed E-state index contributed by atoms with van der Waals surface area (Å²) >= 11 is 0. The topological polar surface area (TPSA) is 51.2 Å². The van der Waals surface area contributed by atoms with Gasteiger partial charge >= 0.3 is 0 Å². The molecule has 0 saturated heterocycles. The summed E-state index contributed by atoms with van der Waals surface area (Å²) in [6.07, 6.45) is 0. The number of rotatable bonds is 4. The van der Waals surface area contributed by atoms with E-state index in [0.717, 1.165) is 36.4 Å². The smallest absolute Gasteiger partial charge is 0.188 e. The second-order valence-corrected chi connectivity index (χ2v) is 6.78. The standard InChI is InChI=1S/C15H12F2O3S/c1-10(15(18)11-2-4-12(16)5-3-11)21(19,20)14-8-6-13(17)7-9-14/h2-10H,1H3. The fourth-order valence-corrected chi connectivity index (χ4v) is 3.16. The van der Waals surface area contributed by atoms with Crippen molar-refractivity contribution in [3.05, 3.63) is 65.7 Å². The Labute approximate surface area is 121 Å². The molecule has 0 N–H and O–H groups in total. The van der Waals surface area contributed by atoms with Gasteiger partial charge in [0.15, 0.2) is 15.6 Å². The van der Waals surface area contributed by atoms with Crippen molar-refractivity contribution >= 4 is 15.6 Å². The molecule has 0 bridgehead atoms. The van der Waals surface area contributed by atoms with Gasteiger partial charge < -0.3 is 0 Å². The van der Waals surface area contributed by atoms with Crippen molar-refractivity contribution in [1.29, 1.82) is 0 Å². The number of carbonyl (C=O) groups excluding carboxylic acids is 1. The van der Waals surface area contributed by atoms with Crippen LogP contribution in [-0.2, 0) is 9.84 Å². The molecule has 21 heavy (non-hydrogen) atoms. The highest BCUT2D eigenvalue weighted by molar-refractivity contribution is 7.92. The molecule has 0 aliphatic heterocycles. The van der Waals surface area contributed by atoms with E-state index in [2.05, 4.69) is 0 Å². The molecule has 0 spiro atoms. The average molecular weight is 310 g/mol. The van der Waals surface area contributed by atoms with Gasteiger partial charge in [0.1, 0.15) is 16.9 Å². The van der Waals surface area contributed by atoms with Gasteiger partial charge in [0, 0.05) is 5.56 Å². The highest BCUT2D eigenvalue weighted by Gasteiger charge is 2.30. The molecule has 110 valence electrons. The van der Waals surface area contributed by atoms with Gasteiger partial charge in [-0.15, -0.1) is 0 Å². The molecule has 2 aromatic carbocycles. The molecule has 2 aromatic rings. The number of carbonyl (C=O) groups is 1. The molecule has 1 unspecified atom stereocenters. The first-order chi connectivity index (χ1) is 9.82. The second-order valence-electron chi connectivity index (χ2n) is 4.51. The minimum Gasteiger partial charge on any atom is -0.293 e. The Hall–Kier alpha value is -2.08. The number of sulfone groups is 1. The summed E-state index contributed by atoms with van der Waals surface area (Å²) in [4.78, 5) is 12.0. The maximum atomic E-state index is 12.8. The molecular weight excluding hydrogens is 298 g/mol. The molecule has 0 heterocycles. The number of benzene rings is 2. The number of ketones is 1. The van der Waals surface area contributed by atoms with Crippen molar-refractivity contribution in [2.75, 3.05) is 0 Å². The Morgan fingerprint density at radius 2 is 1.33 bits per heavy atom. The summed E-state index contributed by atoms with van der Waals surface area (Å²) in [5, 5.41) is -1.34. The van der Waals surface area contributed by atoms with E-state index in [1.165, 1.54) is 19.1 Å². The van der Waals surface area contributed by atoms with Crippen LogP contribution in [0.25, 0.3) is 0 Å². The lowest BCUT2D eigenvalue weighted by molar-refractivity contribution is 0.0991. The predicted octanol–water partition coefficient (Wildman–Crippen LogP) is 3.01. The number of halogens is 2. The third-order valence-corrected chi connectivity index (χ3v) is 5.18. The van der Waals surface area contributed by atoms with E-state index in [4.69, 9.17) is 0 Å². The van der Waals surface area contributed by atoms with Crippen LogP contribution in [0.4, 0.5) is 8.78 Å². The van der Waals surface area contributed by atoms with E-state index in [9.17, 15) is 22.0 Å². The van der Waals surface area contributed by atoms with Gasteiger partial charge in [-0.3, -0.25) is 4.79 Å². The normalized spacial score (nSPS) is 12.9. The maximum Gasteiger partial charge on any atom is 0.188 e. The number of hydrogen-bond donors (Lipinski definition) is 0.